The van der Waals surface area contributed by atoms with Gasteiger partial charge in [0.1, 0.15) is 18.2 Å². The van der Waals surface area contributed by atoms with Crippen molar-refractivity contribution in [1.29, 1.82) is 0 Å². The molecule has 0 radical (unpaired) electrons. The van der Waals surface area contributed by atoms with Crippen molar-refractivity contribution in [3.8, 4) is 5.82 Å². The molecule has 0 saturated heterocycles. The van der Waals surface area contributed by atoms with Gasteiger partial charge in [0, 0.05) is 13.1 Å². The highest BCUT2D eigenvalue weighted by Gasteiger charge is 2.19. The molecule has 2 heterocycles. The maximum absolute atomic E-state index is 10.5. The standard InChI is InChI=1S/C14H15N5O/c1-10-8-12(18(2)17-10)19-9-15-16-14(19)13(20)11-6-4-3-5-7-11/h3-9,13,20H,1-2H3. The zero-order chi connectivity index (χ0) is 14.1. The van der Waals surface area contributed by atoms with Crippen LogP contribution in [0.4, 0.5) is 0 Å². The molecule has 2 aromatic heterocycles. The predicted molar refractivity (Wildman–Crippen MR) is 73.4 cm³/mol. The molecule has 0 aliphatic rings. The first-order valence-corrected chi connectivity index (χ1v) is 6.31. The van der Waals surface area contributed by atoms with Gasteiger partial charge < -0.3 is 5.11 Å². The van der Waals surface area contributed by atoms with Crippen LogP contribution >= 0.6 is 0 Å². The first-order valence-electron chi connectivity index (χ1n) is 6.31. The van der Waals surface area contributed by atoms with E-state index in [1.165, 1.54) is 0 Å². The fourth-order valence-corrected chi connectivity index (χ4v) is 2.21. The summed E-state index contributed by atoms with van der Waals surface area (Å²) in [6.45, 7) is 1.92. The van der Waals surface area contributed by atoms with E-state index in [1.54, 1.807) is 15.6 Å². The molecule has 20 heavy (non-hydrogen) atoms. The van der Waals surface area contributed by atoms with Crippen molar-refractivity contribution in [2.45, 2.75) is 13.0 Å². The van der Waals surface area contributed by atoms with Crippen LogP contribution in [-0.4, -0.2) is 29.7 Å². The highest BCUT2D eigenvalue weighted by Crippen LogP contribution is 2.22. The van der Waals surface area contributed by atoms with E-state index in [0.717, 1.165) is 17.1 Å². The van der Waals surface area contributed by atoms with Gasteiger partial charge >= 0.3 is 0 Å². The van der Waals surface area contributed by atoms with Gasteiger partial charge in [0.25, 0.3) is 0 Å². The van der Waals surface area contributed by atoms with Crippen LogP contribution in [0, 0.1) is 6.92 Å². The average molecular weight is 269 g/mol. The smallest absolute Gasteiger partial charge is 0.172 e. The Morgan fingerprint density at radius 1 is 1.20 bits per heavy atom. The molecule has 6 nitrogen and oxygen atoms in total. The van der Waals surface area contributed by atoms with Crippen molar-refractivity contribution < 1.29 is 5.11 Å². The zero-order valence-corrected chi connectivity index (χ0v) is 11.3. The number of aliphatic hydroxyl groups is 1. The molecule has 0 saturated carbocycles. The summed E-state index contributed by atoms with van der Waals surface area (Å²) in [6.07, 6.45) is 0.756. The summed E-state index contributed by atoms with van der Waals surface area (Å²) in [5.41, 5.74) is 1.68. The van der Waals surface area contributed by atoms with E-state index in [4.69, 9.17) is 0 Å². The molecule has 0 amide bonds. The lowest BCUT2D eigenvalue weighted by molar-refractivity contribution is 0.207. The van der Waals surface area contributed by atoms with Gasteiger partial charge in [0.15, 0.2) is 5.82 Å². The summed E-state index contributed by atoms with van der Waals surface area (Å²) in [4.78, 5) is 0. The van der Waals surface area contributed by atoms with Crippen molar-refractivity contribution in [3.63, 3.8) is 0 Å². The van der Waals surface area contributed by atoms with Crippen LogP contribution in [0.1, 0.15) is 23.2 Å². The Labute approximate surface area is 116 Å². The molecular weight excluding hydrogens is 254 g/mol. The molecular formula is C14H15N5O. The lowest BCUT2D eigenvalue weighted by Crippen LogP contribution is -2.11. The van der Waals surface area contributed by atoms with E-state index in [2.05, 4.69) is 15.3 Å². The molecule has 0 aliphatic heterocycles. The normalized spacial score (nSPS) is 12.6. The Kier molecular flexibility index (Phi) is 3.08. The van der Waals surface area contributed by atoms with Gasteiger partial charge in [-0.25, -0.2) is 0 Å². The molecule has 3 rings (SSSR count). The second-order valence-electron chi connectivity index (χ2n) is 4.64. The highest BCUT2D eigenvalue weighted by molar-refractivity contribution is 5.30. The Balaban J connectivity index is 2.05. The third kappa shape index (κ3) is 2.10. The molecule has 3 aromatic rings. The van der Waals surface area contributed by atoms with E-state index in [-0.39, 0.29) is 0 Å². The summed E-state index contributed by atoms with van der Waals surface area (Å²) in [6, 6.07) is 11.3. The maximum atomic E-state index is 10.5. The Morgan fingerprint density at radius 3 is 2.60 bits per heavy atom. The molecule has 0 bridgehead atoms. The first kappa shape index (κ1) is 12.6. The first-order chi connectivity index (χ1) is 9.66. The minimum Gasteiger partial charge on any atom is -0.380 e. The minimum atomic E-state index is -0.825. The molecule has 0 fully saturated rings. The number of rotatable bonds is 3. The van der Waals surface area contributed by atoms with Crippen molar-refractivity contribution in [2.75, 3.05) is 0 Å². The molecule has 6 heteroatoms. The van der Waals surface area contributed by atoms with Crippen LogP contribution in [0.3, 0.4) is 0 Å². The maximum Gasteiger partial charge on any atom is 0.172 e. The molecule has 1 aromatic carbocycles. The van der Waals surface area contributed by atoms with Gasteiger partial charge in [-0.15, -0.1) is 10.2 Å². The predicted octanol–water partition coefficient (Wildman–Crippen LogP) is 1.39. The molecule has 1 unspecified atom stereocenters. The summed E-state index contributed by atoms with van der Waals surface area (Å²) >= 11 is 0. The van der Waals surface area contributed by atoms with Crippen LogP contribution in [0.25, 0.3) is 5.82 Å². The molecule has 1 atom stereocenters. The molecule has 102 valence electrons. The van der Waals surface area contributed by atoms with E-state index in [0.29, 0.717) is 5.82 Å². The summed E-state index contributed by atoms with van der Waals surface area (Å²) in [5.74, 6) is 1.29. The lowest BCUT2D eigenvalue weighted by atomic mass is 10.1. The number of nitrogens with zero attached hydrogens (tertiary/aromatic N) is 5. The van der Waals surface area contributed by atoms with Gasteiger partial charge in [0.05, 0.1) is 5.69 Å². The highest BCUT2D eigenvalue weighted by atomic mass is 16.3. The van der Waals surface area contributed by atoms with Gasteiger partial charge in [-0.2, -0.15) is 5.10 Å². The second-order valence-corrected chi connectivity index (χ2v) is 4.64. The van der Waals surface area contributed by atoms with Crippen molar-refractivity contribution in [1.82, 2.24) is 24.5 Å². The zero-order valence-electron chi connectivity index (χ0n) is 11.3. The van der Waals surface area contributed by atoms with Crippen molar-refractivity contribution in [3.05, 3.63) is 59.8 Å². The molecule has 0 aliphatic carbocycles. The Bertz CT molecular complexity index is 716. The monoisotopic (exact) mass is 269 g/mol. The van der Waals surface area contributed by atoms with E-state index >= 15 is 0 Å². The fraction of sp³-hybridized carbons (Fsp3) is 0.214. The second kappa shape index (κ2) is 4.90. The molecule has 1 N–H and O–H groups in total. The van der Waals surface area contributed by atoms with E-state index < -0.39 is 6.10 Å². The van der Waals surface area contributed by atoms with E-state index in [1.807, 2.05) is 50.4 Å². The van der Waals surface area contributed by atoms with Crippen LogP contribution in [0.5, 0.6) is 0 Å². The third-order valence-corrected chi connectivity index (χ3v) is 3.16. The average Bonchev–Trinajstić information content (AvgIpc) is 3.05. The number of aliphatic hydroxyl groups excluding tert-OH is 1. The number of hydrogen-bond donors (Lipinski definition) is 1. The van der Waals surface area contributed by atoms with Crippen LogP contribution in [0.2, 0.25) is 0 Å². The van der Waals surface area contributed by atoms with Gasteiger partial charge in [0.2, 0.25) is 0 Å². The quantitative estimate of drug-likeness (QED) is 0.780. The van der Waals surface area contributed by atoms with E-state index in [9.17, 15) is 5.11 Å². The number of aromatic nitrogens is 5. The van der Waals surface area contributed by atoms with Gasteiger partial charge in [-0.3, -0.25) is 9.25 Å². The largest absolute Gasteiger partial charge is 0.380 e. The Hall–Kier alpha value is -2.47. The summed E-state index contributed by atoms with van der Waals surface area (Å²) in [7, 11) is 1.85. The van der Waals surface area contributed by atoms with Gasteiger partial charge in [-0.05, 0) is 12.5 Å². The third-order valence-electron chi connectivity index (χ3n) is 3.16. The summed E-state index contributed by atoms with van der Waals surface area (Å²) < 4.78 is 3.48. The topological polar surface area (TPSA) is 68.8 Å². The summed E-state index contributed by atoms with van der Waals surface area (Å²) in [5, 5.41) is 22.7. The van der Waals surface area contributed by atoms with Crippen LogP contribution in [0.15, 0.2) is 42.7 Å². The Morgan fingerprint density at radius 2 is 1.95 bits per heavy atom. The number of benzene rings is 1. The van der Waals surface area contributed by atoms with Gasteiger partial charge in [-0.1, -0.05) is 30.3 Å². The minimum absolute atomic E-state index is 0.471. The number of aryl methyl sites for hydroxylation is 2. The van der Waals surface area contributed by atoms with Crippen molar-refractivity contribution in [2.24, 2.45) is 7.05 Å². The number of hydrogen-bond acceptors (Lipinski definition) is 4. The SMILES string of the molecule is Cc1cc(-n2cnnc2C(O)c2ccccc2)n(C)n1. The molecule has 0 spiro atoms. The van der Waals surface area contributed by atoms with Crippen LogP contribution < -0.4 is 0 Å². The van der Waals surface area contributed by atoms with Crippen LogP contribution in [-0.2, 0) is 7.05 Å². The fourth-order valence-electron chi connectivity index (χ4n) is 2.21. The van der Waals surface area contributed by atoms with Crippen molar-refractivity contribution >= 4 is 0 Å². The lowest BCUT2D eigenvalue weighted by Gasteiger charge is -2.12.